The van der Waals surface area contributed by atoms with Crippen molar-refractivity contribution in [3.63, 3.8) is 0 Å². The van der Waals surface area contributed by atoms with Crippen LogP contribution in [0, 0.1) is 5.82 Å². The van der Waals surface area contributed by atoms with Gasteiger partial charge in [0.1, 0.15) is 11.6 Å². The highest BCUT2D eigenvalue weighted by Gasteiger charge is 2.28. The maximum Gasteiger partial charge on any atom is 0.329 e. The number of hydrogen-bond donors (Lipinski definition) is 2. The lowest BCUT2D eigenvalue weighted by atomic mass is 10.1. The Kier molecular flexibility index (Phi) is 4.85. The van der Waals surface area contributed by atoms with E-state index in [2.05, 4.69) is 15.8 Å². The Labute approximate surface area is 148 Å². The number of carbonyl (C=O) groups is 2. The van der Waals surface area contributed by atoms with Gasteiger partial charge in [0.2, 0.25) is 0 Å². The van der Waals surface area contributed by atoms with Crippen LogP contribution in [0.25, 0.3) is 0 Å². The fourth-order valence-corrected chi connectivity index (χ4v) is 3.89. The van der Waals surface area contributed by atoms with Crippen LogP contribution in [0.2, 0.25) is 0 Å². The van der Waals surface area contributed by atoms with Crippen molar-refractivity contribution in [1.29, 1.82) is 0 Å². The van der Waals surface area contributed by atoms with Crippen LogP contribution in [0.1, 0.15) is 17.7 Å². The quantitative estimate of drug-likeness (QED) is 0.463. The van der Waals surface area contributed by atoms with Crippen molar-refractivity contribution < 1.29 is 26.8 Å². The van der Waals surface area contributed by atoms with Crippen molar-refractivity contribution >= 4 is 27.4 Å². The highest BCUT2D eigenvalue weighted by Crippen LogP contribution is 2.26. The van der Waals surface area contributed by atoms with Crippen molar-refractivity contribution in [2.24, 2.45) is 5.10 Å². The molecule has 0 spiro atoms. The summed E-state index contributed by atoms with van der Waals surface area (Å²) in [5.74, 6) is -2.34. The zero-order valence-corrected chi connectivity index (χ0v) is 14.2. The number of furan rings is 1. The summed E-state index contributed by atoms with van der Waals surface area (Å²) in [6, 6.07) is 6.51. The third-order valence-corrected chi connectivity index (χ3v) is 5.46. The van der Waals surface area contributed by atoms with Crippen molar-refractivity contribution in [3.8, 4) is 0 Å². The summed E-state index contributed by atoms with van der Waals surface area (Å²) in [5, 5.41) is 6.14. The van der Waals surface area contributed by atoms with Crippen LogP contribution in [0.15, 0.2) is 51.0 Å². The fourth-order valence-electron chi connectivity index (χ4n) is 2.42. The molecule has 1 aromatic carbocycles. The molecule has 0 saturated carbocycles. The van der Waals surface area contributed by atoms with Crippen molar-refractivity contribution in [2.45, 2.75) is 17.9 Å². The molecule has 1 aromatic heterocycles. The first-order chi connectivity index (χ1) is 12.4. The second-order valence-electron chi connectivity index (χ2n) is 5.47. The van der Waals surface area contributed by atoms with Gasteiger partial charge in [-0.05, 0) is 30.3 Å². The first-order valence-corrected chi connectivity index (χ1v) is 9.22. The smallest absolute Gasteiger partial charge is 0.329 e. The molecule has 0 fully saturated rings. The van der Waals surface area contributed by atoms with E-state index in [1.165, 1.54) is 6.26 Å². The van der Waals surface area contributed by atoms with Gasteiger partial charge in [0.05, 0.1) is 29.2 Å². The molecule has 2 heterocycles. The molecule has 0 radical (unpaired) electrons. The van der Waals surface area contributed by atoms with Gasteiger partial charge in [0.15, 0.2) is 9.84 Å². The van der Waals surface area contributed by atoms with Gasteiger partial charge >= 0.3 is 11.8 Å². The Bertz CT molecular complexity index is 983. The molecular formula is C16H14FN3O5S. The Balaban J connectivity index is 1.71. The number of benzene rings is 1. The van der Waals surface area contributed by atoms with Gasteiger partial charge in [-0.3, -0.25) is 9.59 Å². The highest BCUT2D eigenvalue weighted by atomic mass is 32.2. The Morgan fingerprint density at radius 1 is 1.23 bits per heavy atom. The van der Waals surface area contributed by atoms with E-state index in [0.717, 1.165) is 18.2 Å². The van der Waals surface area contributed by atoms with Crippen LogP contribution in [-0.2, 0) is 26.0 Å². The number of halogens is 1. The van der Waals surface area contributed by atoms with E-state index in [9.17, 15) is 22.4 Å². The lowest BCUT2D eigenvalue weighted by Crippen LogP contribution is -2.38. The number of rotatable bonds is 3. The zero-order valence-electron chi connectivity index (χ0n) is 13.4. The molecule has 0 bridgehead atoms. The summed E-state index contributed by atoms with van der Waals surface area (Å²) in [4.78, 5) is 23.5. The average molecular weight is 379 g/mol. The largest absolute Gasteiger partial charge is 0.467 e. The number of fused-ring (bicyclic) bond motifs is 1. The van der Waals surface area contributed by atoms with Crippen LogP contribution < -0.4 is 10.7 Å². The maximum atomic E-state index is 13.5. The summed E-state index contributed by atoms with van der Waals surface area (Å²) in [6.45, 7) is 0.0299. The summed E-state index contributed by atoms with van der Waals surface area (Å²) in [6.07, 6.45) is 1.42. The molecule has 0 saturated heterocycles. The summed E-state index contributed by atoms with van der Waals surface area (Å²) in [5.41, 5.74) is 2.32. The Morgan fingerprint density at radius 3 is 2.77 bits per heavy atom. The average Bonchev–Trinajstić information content (AvgIpc) is 3.12. The second-order valence-corrected chi connectivity index (χ2v) is 7.55. The van der Waals surface area contributed by atoms with E-state index in [1.807, 2.05) is 0 Å². The van der Waals surface area contributed by atoms with E-state index in [-0.39, 0.29) is 34.9 Å². The van der Waals surface area contributed by atoms with Gasteiger partial charge in [-0.2, -0.15) is 5.10 Å². The molecule has 0 aliphatic carbocycles. The standard InChI is InChI=1S/C16H14FN3O5S/c17-10-3-4-14-12(8-10)13(5-7-26(14,23)24)19-20-16(22)15(21)18-9-11-2-1-6-25-11/h1-4,6,8H,5,7,9H2,(H,18,21)(H,20,22)/b19-13+. The number of nitrogens with zero attached hydrogens (tertiary/aromatic N) is 1. The molecule has 1 aliphatic rings. The number of nitrogens with one attached hydrogen (secondary N) is 2. The number of hydrogen-bond acceptors (Lipinski definition) is 6. The van der Waals surface area contributed by atoms with Crippen LogP contribution in [0.4, 0.5) is 4.39 Å². The molecule has 2 amide bonds. The molecule has 1 aliphatic heterocycles. The van der Waals surface area contributed by atoms with Crippen LogP contribution in [0.5, 0.6) is 0 Å². The zero-order chi connectivity index (χ0) is 18.7. The minimum atomic E-state index is -3.53. The topological polar surface area (TPSA) is 118 Å². The van der Waals surface area contributed by atoms with Crippen LogP contribution in [-0.4, -0.2) is 31.7 Å². The Morgan fingerprint density at radius 2 is 2.04 bits per heavy atom. The summed E-state index contributed by atoms with van der Waals surface area (Å²) >= 11 is 0. The fraction of sp³-hybridized carbons (Fsp3) is 0.188. The third-order valence-electron chi connectivity index (χ3n) is 3.70. The Hall–Kier alpha value is -3.01. The van der Waals surface area contributed by atoms with E-state index in [1.54, 1.807) is 12.1 Å². The number of hydrazone groups is 1. The lowest BCUT2D eigenvalue weighted by molar-refractivity contribution is -0.139. The number of carbonyl (C=O) groups excluding carboxylic acids is 2. The van der Waals surface area contributed by atoms with Crippen LogP contribution >= 0.6 is 0 Å². The molecule has 2 N–H and O–H groups in total. The number of amides is 2. The first-order valence-electron chi connectivity index (χ1n) is 7.56. The molecule has 2 aromatic rings. The second kappa shape index (κ2) is 7.08. The van der Waals surface area contributed by atoms with E-state index < -0.39 is 27.5 Å². The molecule has 8 nitrogen and oxygen atoms in total. The van der Waals surface area contributed by atoms with Gasteiger partial charge in [0.25, 0.3) is 0 Å². The molecule has 3 rings (SSSR count). The summed E-state index contributed by atoms with van der Waals surface area (Å²) in [7, 11) is -3.53. The van der Waals surface area contributed by atoms with Gasteiger partial charge in [-0.25, -0.2) is 18.2 Å². The lowest BCUT2D eigenvalue weighted by Gasteiger charge is -2.18. The third kappa shape index (κ3) is 3.80. The number of sulfone groups is 1. The van der Waals surface area contributed by atoms with E-state index >= 15 is 0 Å². The minimum absolute atomic E-state index is 0.00686. The predicted octanol–water partition coefficient (Wildman–Crippen LogP) is 0.733. The van der Waals surface area contributed by atoms with Gasteiger partial charge in [-0.15, -0.1) is 0 Å². The van der Waals surface area contributed by atoms with Gasteiger partial charge in [-0.1, -0.05) is 0 Å². The van der Waals surface area contributed by atoms with Crippen molar-refractivity contribution in [2.75, 3.05) is 5.75 Å². The highest BCUT2D eigenvalue weighted by molar-refractivity contribution is 7.91. The monoisotopic (exact) mass is 379 g/mol. The molecule has 26 heavy (non-hydrogen) atoms. The normalized spacial score (nSPS) is 16.7. The minimum Gasteiger partial charge on any atom is -0.467 e. The maximum absolute atomic E-state index is 13.5. The molecule has 10 heteroatoms. The molecule has 0 unspecified atom stereocenters. The molecule has 0 atom stereocenters. The van der Waals surface area contributed by atoms with Crippen molar-refractivity contribution in [1.82, 2.24) is 10.7 Å². The molecular weight excluding hydrogens is 365 g/mol. The van der Waals surface area contributed by atoms with Crippen molar-refractivity contribution in [3.05, 3.63) is 53.7 Å². The van der Waals surface area contributed by atoms with E-state index in [4.69, 9.17) is 4.42 Å². The summed E-state index contributed by atoms with van der Waals surface area (Å²) < 4.78 is 42.6. The SMILES string of the molecule is O=C(NCc1ccco1)C(=O)N/N=C1\CCS(=O)(=O)c2ccc(F)cc21. The molecule has 136 valence electrons. The van der Waals surface area contributed by atoms with Gasteiger partial charge < -0.3 is 9.73 Å². The first kappa shape index (κ1) is 17.8. The van der Waals surface area contributed by atoms with E-state index in [0.29, 0.717) is 5.76 Å². The van der Waals surface area contributed by atoms with Crippen LogP contribution in [0.3, 0.4) is 0 Å². The predicted molar refractivity (Wildman–Crippen MR) is 88.3 cm³/mol. The van der Waals surface area contributed by atoms with Gasteiger partial charge in [0, 0.05) is 12.0 Å².